The Bertz CT molecular complexity index is 1320. The number of aliphatic hydroxyl groups excluding tert-OH is 1. The van der Waals surface area contributed by atoms with Gasteiger partial charge in [-0.1, -0.05) is 32.9 Å². The Balaban J connectivity index is 1.97. The Kier molecular flexibility index (Phi) is 10.8. The summed E-state index contributed by atoms with van der Waals surface area (Å²) in [6.45, 7) is 12.0. The van der Waals surface area contributed by atoms with E-state index in [0.717, 1.165) is 5.01 Å². The Morgan fingerprint density at radius 3 is 2.33 bits per heavy atom. The van der Waals surface area contributed by atoms with Gasteiger partial charge in [-0.25, -0.2) is 4.98 Å². The molecular formula is C27H39N7O7S. The predicted octanol–water partition coefficient (Wildman–Crippen LogP) is 0.460. The monoisotopic (exact) mass is 605 g/mol. The van der Waals surface area contributed by atoms with E-state index in [1.165, 1.54) is 36.2 Å². The number of rotatable bonds is 4. The number of hydrogen-bond donors (Lipinski definition) is 5. The standard InChI is InChI=1S/C27H39N7O7S/c1-12(2)19-24(38)28-8-9-34(27(40)21-14(5)30-26(42-21)13(3)4)11-17-10-18(33-41-17)23(37)32-20(16(7)35)25(39)29-15(6)22(36)31-19/h10,12-13,15-16,19-20,35H,8-9,11H2,1-7H3,(H,28,38)(H,29,39)(H,31,36)(H,32,37)/t15-,16+,19-,20-/m0/s1. The fourth-order valence-corrected chi connectivity index (χ4v) is 5.20. The number of fused-ring (bicyclic) bond motifs is 2. The van der Waals surface area contributed by atoms with Crippen molar-refractivity contribution in [2.45, 2.75) is 85.2 Å². The summed E-state index contributed by atoms with van der Waals surface area (Å²) >= 11 is 1.29. The van der Waals surface area contributed by atoms with Gasteiger partial charge in [-0.2, -0.15) is 0 Å². The van der Waals surface area contributed by atoms with E-state index in [1.807, 2.05) is 13.8 Å². The average Bonchev–Trinajstić information content (AvgIpc) is 3.54. The minimum absolute atomic E-state index is 0.0579. The van der Waals surface area contributed by atoms with Crippen LogP contribution in [0, 0.1) is 12.8 Å². The number of carbonyl (C=O) groups is 5. The molecule has 4 atom stereocenters. The summed E-state index contributed by atoms with van der Waals surface area (Å²) in [4.78, 5) is 71.8. The second kappa shape index (κ2) is 13.9. The Morgan fingerprint density at radius 1 is 1.05 bits per heavy atom. The molecule has 0 radical (unpaired) electrons. The van der Waals surface area contributed by atoms with Crippen molar-refractivity contribution in [2.24, 2.45) is 5.92 Å². The van der Waals surface area contributed by atoms with Gasteiger partial charge in [0.25, 0.3) is 11.8 Å². The molecule has 42 heavy (non-hydrogen) atoms. The summed E-state index contributed by atoms with van der Waals surface area (Å²) in [6, 6.07) is -2.10. The van der Waals surface area contributed by atoms with Gasteiger partial charge in [0, 0.05) is 25.1 Å². The quantitative estimate of drug-likeness (QED) is 0.329. The molecule has 2 aromatic heterocycles. The molecule has 0 fully saturated rings. The summed E-state index contributed by atoms with van der Waals surface area (Å²) in [5.74, 6) is -3.02. The van der Waals surface area contributed by atoms with E-state index in [4.69, 9.17) is 4.52 Å². The number of carbonyl (C=O) groups excluding carboxylic acids is 5. The van der Waals surface area contributed by atoms with Crippen LogP contribution in [0.2, 0.25) is 0 Å². The van der Waals surface area contributed by atoms with Gasteiger partial charge in [0.2, 0.25) is 17.7 Å². The second-order valence-corrected chi connectivity index (χ2v) is 12.0. The number of hydrogen-bond acceptors (Lipinski definition) is 10. The summed E-state index contributed by atoms with van der Waals surface area (Å²) in [5, 5.41) is 25.1. The third kappa shape index (κ3) is 7.91. The highest BCUT2D eigenvalue weighted by Gasteiger charge is 2.32. The first kappa shape index (κ1) is 32.7. The predicted molar refractivity (Wildman–Crippen MR) is 153 cm³/mol. The van der Waals surface area contributed by atoms with Crippen LogP contribution in [0.4, 0.5) is 0 Å². The minimum Gasteiger partial charge on any atom is -0.391 e. The fourth-order valence-electron chi connectivity index (χ4n) is 4.17. The Hall–Kier alpha value is -3.85. The summed E-state index contributed by atoms with van der Waals surface area (Å²) in [7, 11) is 0. The average molecular weight is 606 g/mol. The number of aromatic nitrogens is 2. The number of aliphatic hydroxyl groups is 1. The van der Waals surface area contributed by atoms with Gasteiger partial charge in [0.1, 0.15) is 23.0 Å². The van der Waals surface area contributed by atoms with E-state index in [0.29, 0.717) is 10.6 Å². The highest BCUT2D eigenvalue weighted by molar-refractivity contribution is 7.13. The van der Waals surface area contributed by atoms with Gasteiger partial charge in [-0.05, 0) is 26.7 Å². The van der Waals surface area contributed by atoms with Crippen LogP contribution in [-0.4, -0.2) is 87.0 Å². The van der Waals surface area contributed by atoms with Crippen molar-refractivity contribution in [2.75, 3.05) is 13.1 Å². The van der Waals surface area contributed by atoms with Crippen LogP contribution in [0.15, 0.2) is 10.6 Å². The molecular weight excluding hydrogens is 566 g/mol. The molecule has 0 unspecified atom stereocenters. The van der Waals surface area contributed by atoms with Gasteiger partial charge >= 0.3 is 0 Å². The lowest BCUT2D eigenvalue weighted by Gasteiger charge is -2.26. The molecule has 0 aliphatic carbocycles. The molecule has 5 amide bonds. The van der Waals surface area contributed by atoms with Crippen LogP contribution in [0.25, 0.3) is 0 Å². The van der Waals surface area contributed by atoms with Crippen LogP contribution in [0.3, 0.4) is 0 Å². The molecule has 0 spiro atoms. The van der Waals surface area contributed by atoms with Crippen LogP contribution in [-0.2, 0) is 20.9 Å². The molecule has 1 aliphatic rings. The van der Waals surface area contributed by atoms with E-state index in [-0.39, 0.29) is 48.8 Å². The maximum Gasteiger partial charge on any atom is 0.274 e. The zero-order valence-corrected chi connectivity index (χ0v) is 25.6. The first-order valence-electron chi connectivity index (χ1n) is 13.8. The largest absolute Gasteiger partial charge is 0.391 e. The Labute approximate surface area is 248 Å². The normalized spacial score (nSPS) is 22.1. The van der Waals surface area contributed by atoms with Crippen molar-refractivity contribution >= 4 is 40.9 Å². The van der Waals surface area contributed by atoms with Gasteiger partial charge in [-0.3, -0.25) is 24.0 Å². The summed E-state index contributed by atoms with van der Waals surface area (Å²) in [5.41, 5.74) is 0.404. The van der Waals surface area contributed by atoms with Crippen molar-refractivity contribution in [1.82, 2.24) is 36.3 Å². The van der Waals surface area contributed by atoms with Crippen molar-refractivity contribution in [3.63, 3.8) is 0 Å². The molecule has 0 saturated heterocycles. The lowest BCUT2D eigenvalue weighted by Crippen LogP contribution is -2.58. The van der Waals surface area contributed by atoms with Crippen LogP contribution < -0.4 is 21.3 Å². The third-order valence-corrected chi connectivity index (χ3v) is 8.10. The fraction of sp³-hybridized carbons (Fsp3) is 0.593. The maximum atomic E-state index is 13.7. The SMILES string of the molecule is Cc1nc(C(C)C)sc1C(=O)N1CCNC(=O)[C@H](C(C)C)NC(=O)[C@H](C)NC(=O)[C@H]([C@@H](C)O)NC(=O)c2cc(on2)C1. The van der Waals surface area contributed by atoms with Gasteiger partial charge in [-0.15, -0.1) is 11.3 Å². The Morgan fingerprint density at radius 2 is 1.74 bits per heavy atom. The lowest BCUT2D eigenvalue weighted by atomic mass is 10.0. The van der Waals surface area contributed by atoms with Crippen LogP contribution >= 0.6 is 11.3 Å². The highest BCUT2D eigenvalue weighted by Crippen LogP contribution is 2.26. The van der Waals surface area contributed by atoms with E-state index >= 15 is 0 Å². The number of nitrogens with one attached hydrogen (secondary N) is 4. The summed E-state index contributed by atoms with van der Waals surface area (Å²) in [6.07, 6.45) is -1.32. The van der Waals surface area contributed by atoms with E-state index < -0.39 is 47.9 Å². The smallest absolute Gasteiger partial charge is 0.274 e. The van der Waals surface area contributed by atoms with Crippen molar-refractivity contribution in [3.8, 4) is 0 Å². The number of aryl methyl sites for hydroxylation is 1. The molecule has 0 aromatic carbocycles. The molecule has 15 heteroatoms. The van der Waals surface area contributed by atoms with Gasteiger partial charge in [0.15, 0.2) is 11.5 Å². The van der Waals surface area contributed by atoms with Crippen molar-refractivity contribution in [1.29, 1.82) is 0 Å². The third-order valence-electron chi connectivity index (χ3n) is 6.66. The molecule has 0 saturated carbocycles. The molecule has 14 nitrogen and oxygen atoms in total. The van der Waals surface area contributed by atoms with Crippen LogP contribution in [0.1, 0.15) is 84.1 Å². The molecule has 3 rings (SSSR count). The van der Waals surface area contributed by atoms with E-state index in [2.05, 4.69) is 31.4 Å². The summed E-state index contributed by atoms with van der Waals surface area (Å²) < 4.78 is 5.34. The first-order valence-corrected chi connectivity index (χ1v) is 14.6. The van der Waals surface area contributed by atoms with Crippen molar-refractivity contribution in [3.05, 3.63) is 33.1 Å². The molecule has 1 aliphatic heterocycles. The van der Waals surface area contributed by atoms with Gasteiger partial charge < -0.3 is 35.8 Å². The highest BCUT2D eigenvalue weighted by atomic mass is 32.1. The van der Waals surface area contributed by atoms with Gasteiger partial charge in [0.05, 0.1) is 23.4 Å². The van der Waals surface area contributed by atoms with E-state index in [1.54, 1.807) is 20.8 Å². The topological polar surface area (TPSA) is 196 Å². The molecule has 5 N–H and O–H groups in total. The zero-order valence-electron chi connectivity index (χ0n) is 24.8. The van der Waals surface area contributed by atoms with Crippen molar-refractivity contribution < 1.29 is 33.6 Å². The molecule has 3 heterocycles. The van der Waals surface area contributed by atoms with Crippen LogP contribution in [0.5, 0.6) is 0 Å². The maximum absolute atomic E-state index is 13.7. The van der Waals surface area contributed by atoms with E-state index in [9.17, 15) is 29.1 Å². The second-order valence-electron chi connectivity index (χ2n) is 11.0. The molecule has 230 valence electrons. The number of nitrogens with zero attached hydrogens (tertiary/aromatic N) is 3. The number of thiazole rings is 1. The number of amides is 5. The zero-order chi connectivity index (χ0) is 31.3. The first-order chi connectivity index (χ1) is 19.7. The lowest BCUT2D eigenvalue weighted by molar-refractivity contribution is -0.133. The molecule has 2 aromatic rings. The molecule has 2 bridgehead atoms. The minimum atomic E-state index is -1.42.